The molecule has 0 saturated heterocycles. The van der Waals surface area contributed by atoms with E-state index in [-0.39, 0.29) is 11.6 Å². The third-order valence-corrected chi connectivity index (χ3v) is 2.20. The van der Waals surface area contributed by atoms with Crippen LogP contribution in [0.4, 0.5) is 0 Å². The van der Waals surface area contributed by atoms with Crippen LogP contribution >= 0.6 is 0 Å². The highest BCUT2D eigenvalue weighted by Crippen LogP contribution is 2.36. The van der Waals surface area contributed by atoms with Crippen molar-refractivity contribution in [1.29, 1.82) is 0 Å². The number of tetrazole rings is 1. The summed E-state index contributed by atoms with van der Waals surface area (Å²) in [5.41, 5.74) is 5.61. The van der Waals surface area contributed by atoms with E-state index in [0.717, 1.165) is 12.2 Å². The van der Waals surface area contributed by atoms with E-state index in [1.54, 1.807) is 4.80 Å². The van der Waals surface area contributed by atoms with Crippen molar-refractivity contribution < 1.29 is 0 Å². The number of hydrogen-bond donors (Lipinski definition) is 1. The maximum Gasteiger partial charge on any atom is 0.179 e. The fourth-order valence-corrected chi connectivity index (χ4v) is 1.17. The van der Waals surface area contributed by atoms with Gasteiger partial charge in [-0.2, -0.15) is 4.80 Å². The van der Waals surface area contributed by atoms with E-state index in [1.807, 2.05) is 20.8 Å². The zero-order valence-electron chi connectivity index (χ0n) is 8.23. The lowest BCUT2D eigenvalue weighted by molar-refractivity contribution is 0.305. The van der Waals surface area contributed by atoms with Crippen LogP contribution in [-0.2, 0) is 5.54 Å². The molecule has 1 heterocycles. The van der Waals surface area contributed by atoms with Crippen LogP contribution in [0.5, 0.6) is 0 Å². The molecule has 0 amide bonds. The van der Waals surface area contributed by atoms with E-state index >= 15 is 0 Å². The molecule has 2 rings (SSSR count). The minimum absolute atomic E-state index is 0.0930. The first-order chi connectivity index (χ1) is 5.98. The molecule has 1 aliphatic carbocycles. The van der Waals surface area contributed by atoms with Gasteiger partial charge in [-0.15, -0.1) is 10.2 Å². The van der Waals surface area contributed by atoms with Crippen LogP contribution in [0.2, 0.25) is 0 Å². The van der Waals surface area contributed by atoms with Gasteiger partial charge in [0.05, 0.1) is 5.54 Å². The lowest BCUT2D eigenvalue weighted by Crippen LogP contribution is -2.24. The summed E-state index contributed by atoms with van der Waals surface area (Å²) in [7, 11) is 0. The van der Waals surface area contributed by atoms with Crippen molar-refractivity contribution >= 4 is 0 Å². The SMILES string of the molecule is CC(C)(C)n1nnc(C2CC2N)n1. The van der Waals surface area contributed by atoms with Gasteiger partial charge in [0.15, 0.2) is 5.82 Å². The topological polar surface area (TPSA) is 69.6 Å². The van der Waals surface area contributed by atoms with Gasteiger partial charge in [0.2, 0.25) is 0 Å². The molecule has 0 spiro atoms. The van der Waals surface area contributed by atoms with Gasteiger partial charge >= 0.3 is 0 Å². The number of nitrogens with two attached hydrogens (primary N) is 1. The van der Waals surface area contributed by atoms with Gasteiger partial charge < -0.3 is 5.73 Å². The van der Waals surface area contributed by atoms with Gasteiger partial charge in [0, 0.05) is 12.0 Å². The van der Waals surface area contributed by atoms with E-state index in [4.69, 9.17) is 5.73 Å². The summed E-state index contributed by atoms with van der Waals surface area (Å²) in [6.07, 6.45) is 0.996. The highest BCUT2D eigenvalue weighted by Gasteiger charge is 2.39. The molecule has 5 heteroatoms. The first kappa shape index (κ1) is 8.62. The molecule has 2 unspecified atom stereocenters. The summed E-state index contributed by atoms with van der Waals surface area (Å²) >= 11 is 0. The summed E-state index contributed by atoms with van der Waals surface area (Å²) in [6, 6.07) is 0.248. The average molecular weight is 181 g/mol. The molecule has 2 N–H and O–H groups in total. The van der Waals surface area contributed by atoms with Crippen molar-refractivity contribution in [3.63, 3.8) is 0 Å². The lowest BCUT2D eigenvalue weighted by atomic mass is 10.1. The minimum atomic E-state index is -0.0930. The van der Waals surface area contributed by atoms with Crippen LogP contribution in [0.25, 0.3) is 0 Å². The molecule has 0 aliphatic heterocycles. The molecule has 0 bridgehead atoms. The maximum absolute atomic E-state index is 5.70. The fraction of sp³-hybridized carbons (Fsp3) is 0.875. The largest absolute Gasteiger partial charge is 0.327 e. The molecule has 0 radical (unpaired) electrons. The number of aromatic nitrogens is 4. The molecule has 1 aliphatic rings. The normalized spacial score (nSPS) is 27.7. The van der Waals surface area contributed by atoms with Crippen molar-refractivity contribution in [2.75, 3.05) is 0 Å². The van der Waals surface area contributed by atoms with Gasteiger partial charge in [-0.3, -0.25) is 0 Å². The average Bonchev–Trinajstić information content (AvgIpc) is 2.57. The van der Waals surface area contributed by atoms with Gasteiger partial charge in [-0.05, 0) is 32.4 Å². The van der Waals surface area contributed by atoms with Gasteiger partial charge in [-0.25, -0.2) is 0 Å². The first-order valence-corrected chi connectivity index (χ1v) is 4.54. The Bertz CT molecular complexity index is 311. The third-order valence-electron chi connectivity index (χ3n) is 2.20. The van der Waals surface area contributed by atoms with Crippen LogP contribution in [0, 0.1) is 0 Å². The van der Waals surface area contributed by atoms with Crippen molar-refractivity contribution in [2.24, 2.45) is 5.73 Å². The fourth-order valence-electron chi connectivity index (χ4n) is 1.17. The highest BCUT2D eigenvalue weighted by molar-refractivity contribution is 5.10. The summed E-state index contributed by atoms with van der Waals surface area (Å²) in [4.78, 5) is 1.65. The third kappa shape index (κ3) is 1.56. The second kappa shape index (κ2) is 2.51. The van der Waals surface area contributed by atoms with Crippen LogP contribution < -0.4 is 5.73 Å². The monoisotopic (exact) mass is 181 g/mol. The molecular formula is C8H15N5. The number of nitrogens with zero attached hydrogens (tertiary/aromatic N) is 4. The Morgan fingerprint density at radius 3 is 2.46 bits per heavy atom. The Morgan fingerprint density at radius 2 is 2.08 bits per heavy atom. The second-order valence-corrected chi connectivity index (χ2v) is 4.61. The van der Waals surface area contributed by atoms with Gasteiger partial charge in [0.25, 0.3) is 0 Å². The smallest absolute Gasteiger partial charge is 0.179 e. The zero-order chi connectivity index (χ0) is 9.64. The Kier molecular flexibility index (Phi) is 1.66. The molecule has 1 aromatic rings. The van der Waals surface area contributed by atoms with Crippen LogP contribution in [0.1, 0.15) is 38.9 Å². The van der Waals surface area contributed by atoms with Crippen molar-refractivity contribution in [3.05, 3.63) is 5.82 Å². The summed E-state index contributed by atoms with van der Waals surface area (Å²) in [5, 5.41) is 12.3. The molecule has 1 saturated carbocycles. The van der Waals surface area contributed by atoms with Gasteiger partial charge in [-0.1, -0.05) is 0 Å². The number of rotatable bonds is 1. The molecule has 72 valence electrons. The van der Waals surface area contributed by atoms with Crippen LogP contribution in [0.3, 0.4) is 0 Å². The molecule has 1 fully saturated rings. The quantitative estimate of drug-likeness (QED) is 0.674. The van der Waals surface area contributed by atoms with Gasteiger partial charge in [0.1, 0.15) is 0 Å². The van der Waals surface area contributed by atoms with Crippen LogP contribution in [-0.4, -0.2) is 26.2 Å². The van der Waals surface area contributed by atoms with E-state index in [9.17, 15) is 0 Å². The summed E-state index contributed by atoms with van der Waals surface area (Å²) in [6.45, 7) is 6.14. The molecule has 2 atom stereocenters. The minimum Gasteiger partial charge on any atom is -0.327 e. The van der Waals surface area contributed by atoms with E-state index in [1.165, 1.54) is 0 Å². The Hall–Kier alpha value is -0.970. The van der Waals surface area contributed by atoms with E-state index in [2.05, 4.69) is 15.4 Å². The predicted molar refractivity (Wildman–Crippen MR) is 48.1 cm³/mol. The molecule has 1 aromatic heterocycles. The highest BCUT2D eigenvalue weighted by atomic mass is 15.6. The standard InChI is InChI=1S/C8H15N5/c1-8(2,3)13-11-7(10-12-13)5-4-6(5)9/h5-6H,4,9H2,1-3H3. The van der Waals surface area contributed by atoms with Crippen molar-refractivity contribution in [2.45, 2.75) is 44.7 Å². The van der Waals surface area contributed by atoms with Crippen molar-refractivity contribution in [1.82, 2.24) is 20.2 Å². The van der Waals surface area contributed by atoms with E-state index < -0.39 is 0 Å². The second-order valence-electron chi connectivity index (χ2n) is 4.61. The zero-order valence-corrected chi connectivity index (χ0v) is 8.23. The number of hydrogen-bond acceptors (Lipinski definition) is 4. The first-order valence-electron chi connectivity index (χ1n) is 4.54. The lowest BCUT2D eigenvalue weighted by Gasteiger charge is -2.15. The Morgan fingerprint density at radius 1 is 1.46 bits per heavy atom. The Labute approximate surface area is 77.3 Å². The van der Waals surface area contributed by atoms with Crippen LogP contribution in [0.15, 0.2) is 0 Å². The predicted octanol–water partition coefficient (Wildman–Crippen LogP) is 0.243. The maximum atomic E-state index is 5.70. The Balaban J connectivity index is 2.19. The van der Waals surface area contributed by atoms with E-state index in [0.29, 0.717) is 5.92 Å². The van der Waals surface area contributed by atoms with Crippen molar-refractivity contribution in [3.8, 4) is 0 Å². The molecule has 13 heavy (non-hydrogen) atoms. The summed E-state index contributed by atoms with van der Waals surface area (Å²) < 4.78 is 0. The molecular weight excluding hydrogens is 166 g/mol. The summed E-state index contributed by atoms with van der Waals surface area (Å²) in [5.74, 6) is 1.14. The molecule has 0 aromatic carbocycles. The molecule has 5 nitrogen and oxygen atoms in total.